The lowest BCUT2D eigenvalue weighted by Gasteiger charge is -2.33. The molecule has 112 valence electrons. The third-order valence-corrected chi connectivity index (χ3v) is 4.40. The lowest BCUT2D eigenvalue weighted by molar-refractivity contribution is -0.0234. The number of phenolic OH excluding ortho intramolecular Hbond substituents is 1. The van der Waals surface area contributed by atoms with Gasteiger partial charge in [-0.3, -0.25) is 0 Å². The van der Waals surface area contributed by atoms with Crippen LogP contribution in [0, 0.1) is 0 Å². The van der Waals surface area contributed by atoms with Crippen LogP contribution in [0.25, 0.3) is 0 Å². The minimum atomic E-state index is -0.203. The summed E-state index contributed by atoms with van der Waals surface area (Å²) >= 11 is 3.53. The zero-order chi connectivity index (χ0) is 14.1. The molecule has 0 fully saturated rings. The zero-order valence-corrected chi connectivity index (χ0v) is 13.7. The van der Waals surface area contributed by atoms with Crippen LogP contribution in [-0.2, 0) is 11.2 Å². The van der Waals surface area contributed by atoms with Gasteiger partial charge in [-0.1, -0.05) is 46.3 Å². The number of nitrogens with two attached hydrogens (primary N) is 1. The molecule has 5 heteroatoms. The van der Waals surface area contributed by atoms with Gasteiger partial charge < -0.3 is 15.6 Å². The molecule has 0 saturated heterocycles. The number of ether oxygens (including phenoxy) is 1. The summed E-state index contributed by atoms with van der Waals surface area (Å²) in [6, 6.07) is 13.6. The Labute approximate surface area is 138 Å². The van der Waals surface area contributed by atoms with Crippen molar-refractivity contribution in [3.05, 3.63) is 63.6 Å². The van der Waals surface area contributed by atoms with Gasteiger partial charge in [0.2, 0.25) is 0 Å². The van der Waals surface area contributed by atoms with Gasteiger partial charge in [0.1, 0.15) is 5.75 Å². The van der Waals surface area contributed by atoms with Crippen LogP contribution in [0.4, 0.5) is 0 Å². The molecule has 3 nitrogen and oxygen atoms in total. The molecule has 0 bridgehead atoms. The van der Waals surface area contributed by atoms with E-state index in [9.17, 15) is 5.11 Å². The number of aromatic hydroxyl groups is 1. The van der Waals surface area contributed by atoms with Crippen LogP contribution in [0.2, 0.25) is 0 Å². The largest absolute Gasteiger partial charge is 0.508 e. The average molecular weight is 371 g/mol. The smallest absolute Gasteiger partial charge is 0.119 e. The van der Waals surface area contributed by atoms with Crippen molar-refractivity contribution < 1.29 is 9.84 Å². The van der Waals surface area contributed by atoms with Gasteiger partial charge in [-0.2, -0.15) is 0 Å². The van der Waals surface area contributed by atoms with Gasteiger partial charge in [-0.25, -0.2) is 0 Å². The van der Waals surface area contributed by atoms with Crippen LogP contribution in [-0.4, -0.2) is 11.7 Å². The molecular weight excluding hydrogens is 354 g/mol. The van der Waals surface area contributed by atoms with E-state index in [1.807, 2.05) is 36.4 Å². The second-order valence-corrected chi connectivity index (χ2v) is 5.78. The lowest BCUT2D eigenvalue weighted by atomic mass is 9.90. The van der Waals surface area contributed by atoms with E-state index in [1.165, 1.54) is 0 Å². The average Bonchev–Trinajstić information content (AvgIpc) is 2.51. The SMILES string of the molecule is Cl.NCC1OC(c2ccccc2)Cc2c(O)ccc(Br)c21. The molecule has 0 amide bonds. The Balaban J connectivity index is 0.00000161. The quantitative estimate of drug-likeness (QED) is 0.843. The number of fused-ring (bicyclic) bond motifs is 1. The maximum Gasteiger partial charge on any atom is 0.119 e. The maximum absolute atomic E-state index is 10.1. The Hall–Kier alpha value is -1.07. The molecule has 0 aromatic heterocycles. The first-order valence-electron chi connectivity index (χ1n) is 6.61. The number of hydrogen-bond donors (Lipinski definition) is 2. The minimum Gasteiger partial charge on any atom is -0.508 e. The number of hydrogen-bond acceptors (Lipinski definition) is 3. The molecule has 0 spiro atoms. The van der Waals surface area contributed by atoms with E-state index in [-0.39, 0.29) is 24.6 Å². The van der Waals surface area contributed by atoms with E-state index in [4.69, 9.17) is 10.5 Å². The molecule has 1 aliphatic heterocycles. The Kier molecular flexibility index (Phi) is 5.27. The third kappa shape index (κ3) is 3.09. The second-order valence-electron chi connectivity index (χ2n) is 4.92. The summed E-state index contributed by atoms with van der Waals surface area (Å²) in [6.45, 7) is 0.387. The predicted octanol–water partition coefficient (Wildman–Crippen LogP) is 3.89. The Morgan fingerprint density at radius 2 is 1.90 bits per heavy atom. The van der Waals surface area contributed by atoms with E-state index in [0.717, 1.165) is 21.2 Å². The number of halogens is 2. The molecule has 0 aliphatic carbocycles. The Morgan fingerprint density at radius 1 is 1.19 bits per heavy atom. The van der Waals surface area contributed by atoms with Crippen LogP contribution in [0.15, 0.2) is 46.9 Å². The second kappa shape index (κ2) is 6.79. The normalized spacial score (nSPS) is 20.5. The Bertz CT molecular complexity index is 621. The monoisotopic (exact) mass is 369 g/mol. The van der Waals surface area contributed by atoms with Gasteiger partial charge in [0.05, 0.1) is 12.2 Å². The van der Waals surface area contributed by atoms with Gasteiger partial charge in [-0.05, 0) is 17.7 Å². The summed E-state index contributed by atoms with van der Waals surface area (Å²) in [6.07, 6.45) is 0.379. The topological polar surface area (TPSA) is 55.5 Å². The fourth-order valence-corrected chi connectivity index (χ4v) is 3.35. The lowest BCUT2D eigenvalue weighted by Crippen LogP contribution is -2.26. The van der Waals surface area contributed by atoms with E-state index < -0.39 is 0 Å². The highest BCUT2D eigenvalue weighted by Crippen LogP contribution is 2.43. The molecule has 2 atom stereocenters. The van der Waals surface area contributed by atoms with Crippen molar-refractivity contribution in [3.8, 4) is 5.75 Å². The first-order valence-corrected chi connectivity index (χ1v) is 7.40. The molecule has 21 heavy (non-hydrogen) atoms. The van der Waals surface area contributed by atoms with Crippen molar-refractivity contribution in [2.45, 2.75) is 18.6 Å². The van der Waals surface area contributed by atoms with Crippen LogP contribution >= 0.6 is 28.3 Å². The van der Waals surface area contributed by atoms with Crippen LogP contribution in [0.3, 0.4) is 0 Å². The highest BCUT2D eigenvalue weighted by Gasteiger charge is 2.31. The molecular formula is C16H17BrClNO2. The summed E-state index contributed by atoms with van der Waals surface area (Å²) in [7, 11) is 0. The standard InChI is InChI=1S/C16H16BrNO2.ClH/c17-12-6-7-13(19)11-8-14(10-4-2-1-3-5-10)20-15(9-18)16(11)12;/h1-7,14-15,19H,8-9,18H2;1H. The minimum absolute atomic E-state index is 0. The van der Waals surface area contributed by atoms with Crippen LogP contribution in [0.5, 0.6) is 5.75 Å². The molecule has 2 aromatic rings. The van der Waals surface area contributed by atoms with Gasteiger partial charge >= 0.3 is 0 Å². The number of phenols is 1. The van der Waals surface area contributed by atoms with Crippen LogP contribution in [0.1, 0.15) is 28.9 Å². The van der Waals surface area contributed by atoms with Crippen molar-refractivity contribution in [3.63, 3.8) is 0 Å². The third-order valence-electron chi connectivity index (χ3n) is 3.70. The van der Waals surface area contributed by atoms with Gasteiger partial charge in [0.25, 0.3) is 0 Å². The number of rotatable bonds is 2. The summed E-state index contributed by atoms with van der Waals surface area (Å²) in [5.74, 6) is 0.311. The fourth-order valence-electron chi connectivity index (χ4n) is 2.72. The maximum atomic E-state index is 10.1. The molecule has 2 aromatic carbocycles. The fraction of sp³-hybridized carbons (Fsp3) is 0.250. The van der Waals surface area contributed by atoms with E-state index >= 15 is 0 Å². The van der Waals surface area contributed by atoms with Gasteiger partial charge in [-0.15, -0.1) is 12.4 Å². The number of benzene rings is 2. The van der Waals surface area contributed by atoms with Crippen LogP contribution < -0.4 is 5.73 Å². The molecule has 1 aliphatic rings. The molecule has 3 rings (SSSR count). The highest BCUT2D eigenvalue weighted by molar-refractivity contribution is 9.10. The van der Waals surface area contributed by atoms with Gasteiger partial charge in [0.15, 0.2) is 0 Å². The Morgan fingerprint density at radius 3 is 2.57 bits per heavy atom. The zero-order valence-electron chi connectivity index (χ0n) is 11.3. The summed E-state index contributed by atoms with van der Waals surface area (Å²) < 4.78 is 7.06. The summed E-state index contributed by atoms with van der Waals surface area (Å²) in [5, 5.41) is 10.1. The van der Waals surface area contributed by atoms with E-state index in [2.05, 4.69) is 15.9 Å². The van der Waals surface area contributed by atoms with Crippen molar-refractivity contribution in [2.75, 3.05) is 6.54 Å². The highest BCUT2D eigenvalue weighted by atomic mass is 79.9. The molecule has 0 radical (unpaired) electrons. The van der Waals surface area contributed by atoms with Crippen molar-refractivity contribution in [2.24, 2.45) is 5.73 Å². The molecule has 0 saturated carbocycles. The summed E-state index contributed by atoms with van der Waals surface area (Å²) in [4.78, 5) is 0. The molecule has 3 N–H and O–H groups in total. The first kappa shape index (κ1) is 16.3. The van der Waals surface area contributed by atoms with E-state index in [0.29, 0.717) is 18.7 Å². The first-order chi connectivity index (χ1) is 9.70. The molecule has 2 unspecified atom stereocenters. The van der Waals surface area contributed by atoms with Crippen molar-refractivity contribution in [1.29, 1.82) is 0 Å². The summed E-state index contributed by atoms with van der Waals surface area (Å²) in [5.41, 5.74) is 8.86. The van der Waals surface area contributed by atoms with E-state index in [1.54, 1.807) is 6.07 Å². The molecule has 1 heterocycles. The van der Waals surface area contributed by atoms with Crippen molar-refractivity contribution >= 4 is 28.3 Å². The van der Waals surface area contributed by atoms with Gasteiger partial charge in [0, 0.05) is 28.6 Å². The predicted molar refractivity (Wildman–Crippen MR) is 88.8 cm³/mol. The van der Waals surface area contributed by atoms with Crippen molar-refractivity contribution in [1.82, 2.24) is 0 Å².